The summed E-state index contributed by atoms with van der Waals surface area (Å²) >= 11 is 6.32. The predicted molar refractivity (Wildman–Crippen MR) is 84.8 cm³/mol. The number of amides is 1. The average Bonchev–Trinajstić information content (AvgIpc) is 2.88. The Morgan fingerprint density at radius 1 is 1.59 bits per heavy atom. The van der Waals surface area contributed by atoms with Crippen molar-refractivity contribution in [2.75, 3.05) is 23.7 Å². The molecule has 2 aromatic rings. The molecule has 0 unspecified atom stereocenters. The quantitative estimate of drug-likeness (QED) is 0.378. The van der Waals surface area contributed by atoms with Gasteiger partial charge in [-0.3, -0.25) is 0 Å². The maximum absolute atomic E-state index is 11.1. The number of aromatic amines is 1. The number of aromatic nitrogens is 2. The molecule has 9 heteroatoms. The first-order valence-corrected chi connectivity index (χ1v) is 7.29. The van der Waals surface area contributed by atoms with E-state index < -0.39 is 6.09 Å². The Hall–Kier alpha value is -2.19. The van der Waals surface area contributed by atoms with Gasteiger partial charge in [0.05, 0.1) is 34.0 Å². The van der Waals surface area contributed by atoms with Gasteiger partial charge in [-0.15, -0.1) is 0 Å². The molecule has 1 fully saturated rings. The van der Waals surface area contributed by atoms with E-state index in [9.17, 15) is 4.79 Å². The second-order valence-electron chi connectivity index (χ2n) is 5.35. The normalized spacial score (nSPS) is 18.6. The van der Waals surface area contributed by atoms with Crippen LogP contribution in [0, 0.1) is 0 Å². The molecule has 1 aliphatic rings. The Bertz CT molecular complexity index is 718. The second-order valence-corrected chi connectivity index (χ2v) is 5.76. The fourth-order valence-corrected chi connectivity index (χ4v) is 3.19. The third-order valence-corrected chi connectivity index (χ3v) is 4.26. The first kappa shape index (κ1) is 14.7. The summed E-state index contributed by atoms with van der Waals surface area (Å²) in [5.41, 5.74) is 8.00. The van der Waals surface area contributed by atoms with Crippen LogP contribution in [0.1, 0.15) is 12.8 Å². The van der Waals surface area contributed by atoms with E-state index in [-0.39, 0.29) is 6.04 Å². The zero-order chi connectivity index (χ0) is 15.9. The minimum Gasteiger partial charge on any atom is -0.464 e. The molecule has 1 amide bonds. The highest BCUT2D eigenvalue weighted by Gasteiger charge is 2.29. The Morgan fingerprint density at radius 2 is 2.36 bits per heavy atom. The van der Waals surface area contributed by atoms with Crippen molar-refractivity contribution in [2.24, 2.45) is 5.84 Å². The van der Waals surface area contributed by atoms with Crippen LogP contribution < -0.4 is 16.5 Å². The summed E-state index contributed by atoms with van der Waals surface area (Å²) in [5.74, 6) is 5.62. The Labute approximate surface area is 131 Å². The standard InChI is InChI=1S/C13H17ClN6O2/c14-8-4-17-12-10(9(15)5-18-12)11(8)19-3-1-2-7(6-19)20(16)13(21)22/h4-5,7H,1-3,6,15-16H2,(H,17,18)(H,21,22)/t7-/m1/s1. The third-order valence-electron chi connectivity index (χ3n) is 3.99. The maximum atomic E-state index is 11.1. The van der Waals surface area contributed by atoms with Gasteiger partial charge < -0.3 is 20.7 Å². The minimum atomic E-state index is -1.14. The molecule has 0 aliphatic carbocycles. The van der Waals surface area contributed by atoms with Crippen LogP contribution in [0.5, 0.6) is 0 Å². The lowest BCUT2D eigenvalue weighted by molar-refractivity contribution is 0.119. The highest BCUT2D eigenvalue weighted by Crippen LogP contribution is 2.37. The number of nitrogens with zero attached hydrogens (tertiary/aromatic N) is 3. The van der Waals surface area contributed by atoms with Gasteiger partial charge in [-0.05, 0) is 12.8 Å². The number of nitrogen functional groups attached to an aromatic ring is 1. The fourth-order valence-electron chi connectivity index (χ4n) is 2.93. The number of hydrogen-bond acceptors (Lipinski definition) is 5. The van der Waals surface area contributed by atoms with E-state index in [2.05, 4.69) is 9.97 Å². The van der Waals surface area contributed by atoms with Crippen LogP contribution in [-0.4, -0.2) is 45.3 Å². The molecule has 1 saturated heterocycles. The van der Waals surface area contributed by atoms with E-state index in [1.165, 1.54) is 0 Å². The number of rotatable bonds is 2. The molecule has 1 atom stereocenters. The van der Waals surface area contributed by atoms with Crippen LogP contribution in [0.4, 0.5) is 16.2 Å². The van der Waals surface area contributed by atoms with Crippen molar-refractivity contribution in [3.05, 3.63) is 17.4 Å². The van der Waals surface area contributed by atoms with Gasteiger partial charge in [0.25, 0.3) is 0 Å². The molecular weight excluding hydrogens is 308 g/mol. The number of halogens is 1. The summed E-state index contributed by atoms with van der Waals surface area (Å²) in [6.45, 7) is 1.22. The molecule has 0 aromatic carbocycles. The van der Waals surface area contributed by atoms with Gasteiger partial charge in [-0.1, -0.05) is 11.6 Å². The fraction of sp³-hybridized carbons (Fsp3) is 0.385. The zero-order valence-electron chi connectivity index (χ0n) is 11.8. The number of piperidine rings is 1. The topological polar surface area (TPSA) is 125 Å². The summed E-state index contributed by atoms with van der Waals surface area (Å²) in [7, 11) is 0. The molecule has 3 rings (SSSR count). The maximum Gasteiger partial charge on any atom is 0.421 e. The van der Waals surface area contributed by atoms with E-state index in [0.29, 0.717) is 29.3 Å². The van der Waals surface area contributed by atoms with E-state index >= 15 is 0 Å². The lowest BCUT2D eigenvalue weighted by atomic mass is 10.0. The van der Waals surface area contributed by atoms with Crippen LogP contribution in [0.15, 0.2) is 12.4 Å². The number of nitrogens with two attached hydrogens (primary N) is 2. The van der Waals surface area contributed by atoms with Gasteiger partial charge in [0.15, 0.2) is 0 Å². The lowest BCUT2D eigenvalue weighted by Gasteiger charge is -2.37. The van der Waals surface area contributed by atoms with Crippen LogP contribution in [0.3, 0.4) is 0 Å². The third kappa shape index (κ3) is 2.40. The van der Waals surface area contributed by atoms with E-state index in [1.807, 2.05) is 4.90 Å². The van der Waals surface area contributed by atoms with Crippen molar-refractivity contribution in [1.29, 1.82) is 0 Å². The van der Waals surface area contributed by atoms with Crippen LogP contribution in [-0.2, 0) is 0 Å². The molecule has 6 N–H and O–H groups in total. The molecule has 0 spiro atoms. The van der Waals surface area contributed by atoms with Gasteiger partial charge in [-0.2, -0.15) is 0 Å². The summed E-state index contributed by atoms with van der Waals surface area (Å²) in [6.07, 6.45) is 3.63. The second kappa shape index (κ2) is 5.54. The molecule has 22 heavy (non-hydrogen) atoms. The molecule has 118 valence electrons. The van der Waals surface area contributed by atoms with Crippen molar-refractivity contribution < 1.29 is 9.90 Å². The number of H-pyrrole nitrogens is 1. The summed E-state index contributed by atoms with van der Waals surface area (Å²) < 4.78 is 0. The minimum absolute atomic E-state index is 0.286. The molecular formula is C13H17ClN6O2. The number of hydrazine groups is 1. The molecule has 2 aromatic heterocycles. The molecule has 8 nitrogen and oxygen atoms in total. The predicted octanol–water partition coefficient (Wildman–Crippen LogP) is 1.62. The number of nitrogens with one attached hydrogen (secondary N) is 1. The number of carbonyl (C=O) groups is 1. The van der Waals surface area contributed by atoms with Gasteiger partial charge in [0.1, 0.15) is 5.65 Å². The number of hydrogen-bond donors (Lipinski definition) is 4. The van der Waals surface area contributed by atoms with Crippen molar-refractivity contribution >= 4 is 40.1 Å². The number of anilines is 2. The van der Waals surface area contributed by atoms with Gasteiger partial charge in [-0.25, -0.2) is 20.6 Å². The molecule has 1 aliphatic heterocycles. The van der Waals surface area contributed by atoms with Crippen molar-refractivity contribution in [3.63, 3.8) is 0 Å². The lowest BCUT2D eigenvalue weighted by Crippen LogP contribution is -2.53. The largest absolute Gasteiger partial charge is 0.464 e. The van der Waals surface area contributed by atoms with E-state index in [4.69, 9.17) is 28.3 Å². The monoisotopic (exact) mass is 324 g/mol. The molecule has 0 saturated carbocycles. The number of carboxylic acid groups (broad SMARTS) is 1. The van der Waals surface area contributed by atoms with Crippen LogP contribution in [0.2, 0.25) is 5.02 Å². The average molecular weight is 325 g/mol. The molecule has 0 radical (unpaired) electrons. The Morgan fingerprint density at radius 3 is 3.09 bits per heavy atom. The summed E-state index contributed by atoms with van der Waals surface area (Å²) in [4.78, 5) is 20.3. The zero-order valence-corrected chi connectivity index (χ0v) is 12.5. The number of fused-ring (bicyclic) bond motifs is 1. The first-order valence-electron chi connectivity index (χ1n) is 6.92. The summed E-state index contributed by atoms with van der Waals surface area (Å²) in [5, 5.41) is 11.2. The van der Waals surface area contributed by atoms with Crippen molar-refractivity contribution in [1.82, 2.24) is 15.0 Å². The summed E-state index contributed by atoms with van der Waals surface area (Å²) in [6, 6.07) is -0.286. The number of pyridine rings is 1. The van der Waals surface area contributed by atoms with Gasteiger partial charge in [0.2, 0.25) is 0 Å². The first-order chi connectivity index (χ1) is 10.5. The van der Waals surface area contributed by atoms with Crippen LogP contribution >= 0.6 is 11.6 Å². The van der Waals surface area contributed by atoms with E-state index in [0.717, 1.165) is 29.0 Å². The molecule has 0 bridgehead atoms. The highest BCUT2D eigenvalue weighted by atomic mass is 35.5. The Balaban J connectivity index is 1.98. The molecule has 3 heterocycles. The van der Waals surface area contributed by atoms with Crippen molar-refractivity contribution in [2.45, 2.75) is 18.9 Å². The van der Waals surface area contributed by atoms with Gasteiger partial charge in [0, 0.05) is 19.3 Å². The Kier molecular flexibility index (Phi) is 3.71. The smallest absolute Gasteiger partial charge is 0.421 e. The van der Waals surface area contributed by atoms with Crippen LogP contribution in [0.25, 0.3) is 11.0 Å². The van der Waals surface area contributed by atoms with Crippen molar-refractivity contribution in [3.8, 4) is 0 Å². The van der Waals surface area contributed by atoms with E-state index in [1.54, 1.807) is 12.4 Å². The highest BCUT2D eigenvalue weighted by molar-refractivity contribution is 6.35. The van der Waals surface area contributed by atoms with Gasteiger partial charge >= 0.3 is 6.09 Å². The SMILES string of the molecule is Nc1c[nH]c2ncc(Cl)c(N3CCC[C@@H](N(N)C(=O)O)C3)c12.